The first-order valence-electron chi connectivity index (χ1n) is 10.7. The molecule has 28 heavy (non-hydrogen) atoms. The number of carbonyl (C=O) groups excluding carboxylic acids is 1. The van der Waals surface area contributed by atoms with Gasteiger partial charge in [0.15, 0.2) is 0 Å². The van der Waals surface area contributed by atoms with Crippen molar-refractivity contribution in [3.05, 3.63) is 60.2 Å². The Kier molecular flexibility index (Phi) is 4.41. The van der Waals surface area contributed by atoms with Gasteiger partial charge in [-0.1, -0.05) is 24.3 Å². The predicted molar refractivity (Wildman–Crippen MR) is 110 cm³/mol. The number of nitrogens with one attached hydrogen (secondary N) is 1. The summed E-state index contributed by atoms with van der Waals surface area (Å²) in [7, 11) is 0. The summed E-state index contributed by atoms with van der Waals surface area (Å²) in [6.45, 7) is 2.23. The van der Waals surface area contributed by atoms with Gasteiger partial charge in [0.2, 0.25) is 0 Å². The molecule has 4 fully saturated rings. The molecule has 146 valence electrons. The molecule has 0 spiro atoms. The molecule has 2 aromatic carbocycles. The van der Waals surface area contributed by atoms with Crippen molar-refractivity contribution in [1.29, 1.82) is 0 Å². The number of carbonyl (C=O) groups is 1. The van der Waals surface area contributed by atoms with Crippen molar-refractivity contribution in [3.8, 4) is 11.5 Å². The molecule has 3 nitrogen and oxygen atoms in total. The monoisotopic (exact) mass is 375 g/mol. The lowest BCUT2D eigenvalue weighted by atomic mass is 9.48. The van der Waals surface area contributed by atoms with Gasteiger partial charge in [-0.05, 0) is 98.9 Å². The molecule has 0 aromatic heterocycles. The number of amides is 1. The van der Waals surface area contributed by atoms with Crippen molar-refractivity contribution in [2.75, 3.05) is 0 Å². The average Bonchev–Trinajstić information content (AvgIpc) is 2.68. The van der Waals surface area contributed by atoms with Crippen molar-refractivity contribution >= 4 is 5.91 Å². The van der Waals surface area contributed by atoms with Crippen LogP contribution in [0.2, 0.25) is 0 Å². The van der Waals surface area contributed by atoms with Crippen molar-refractivity contribution in [1.82, 2.24) is 5.32 Å². The van der Waals surface area contributed by atoms with Crippen molar-refractivity contribution in [2.45, 2.75) is 51.5 Å². The van der Waals surface area contributed by atoms with E-state index in [2.05, 4.69) is 12.2 Å². The fraction of sp³-hybridized carbons (Fsp3) is 0.480. The zero-order chi connectivity index (χ0) is 19.1. The molecule has 0 saturated heterocycles. The van der Waals surface area contributed by atoms with E-state index in [0.29, 0.717) is 16.7 Å². The van der Waals surface area contributed by atoms with Crippen LogP contribution in [-0.4, -0.2) is 11.9 Å². The molecular formula is C25H29NO2. The molecule has 0 radical (unpaired) electrons. The lowest BCUT2D eigenvalue weighted by molar-refractivity contribution is -0.0688. The van der Waals surface area contributed by atoms with Crippen LogP contribution >= 0.6 is 0 Å². The molecule has 4 bridgehead atoms. The predicted octanol–water partition coefficient (Wildman–Crippen LogP) is 5.81. The maximum atomic E-state index is 13.0. The Morgan fingerprint density at radius 1 is 0.929 bits per heavy atom. The minimum absolute atomic E-state index is 0.0155. The fourth-order valence-corrected chi connectivity index (χ4v) is 6.47. The van der Waals surface area contributed by atoms with E-state index in [0.717, 1.165) is 23.5 Å². The normalized spacial score (nSPS) is 31.4. The lowest BCUT2D eigenvalue weighted by Gasteiger charge is -2.59. The number of para-hydroxylation sites is 1. The van der Waals surface area contributed by atoms with E-state index in [4.69, 9.17) is 4.74 Å². The van der Waals surface area contributed by atoms with Crippen LogP contribution in [0.3, 0.4) is 0 Å². The SMILES string of the molecule is CC(NC(=O)c1cccc(Oc2ccccc2)c1)C12CC3CC(CC(C3)C1)C2. The zero-order valence-corrected chi connectivity index (χ0v) is 16.6. The molecule has 0 heterocycles. The van der Waals surface area contributed by atoms with Crippen LogP contribution in [0.4, 0.5) is 0 Å². The maximum Gasteiger partial charge on any atom is 0.251 e. The minimum atomic E-state index is 0.0155. The Balaban J connectivity index is 1.29. The van der Waals surface area contributed by atoms with Gasteiger partial charge < -0.3 is 10.1 Å². The highest BCUT2D eigenvalue weighted by Gasteiger charge is 2.53. The second-order valence-electron chi connectivity index (χ2n) is 9.42. The van der Waals surface area contributed by atoms with Gasteiger partial charge in [0, 0.05) is 11.6 Å². The van der Waals surface area contributed by atoms with Crippen LogP contribution in [-0.2, 0) is 0 Å². The van der Waals surface area contributed by atoms with Crippen molar-refractivity contribution in [3.63, 3.8) is 0 Å². The van der Waals surface area contributed by atoms with E-state index in [9.17, 15) is 4.79 Å². The first kappa shape index (κ1) is 17.8. The first-order chi connectivity index (χ1) is 13.6. The van der Waals surface area contributed by atoms with Gasteiger partial charge in [-0.3, -0.25) is 4.79 Å². The molecule has 4 aliphatic rings. The van der Waals surface area contributed by atoms with E-state index < -0.39 is 0 Å². The standard InChI is InChI=1S/C25H29NO2/c1-17(25-14-18-10-19(15-25)12-20(11-18)16-25)26-24(27)21-6-5-9-23(13-21)28-22-7-3-2-4-8-22/h2-9,13,17-20H,10-12,14-16H2,1H3,(H,26,27). The molecule has 1 unspecified atom stereocenters. The Morgan fingerprint density at radius 2 is 1.54 bits per heavy atom. The Morgan fingerprint density at radius 3 is 2.18 bits per heavy atom. The zero-order valence-electron chi connectivity index (χ0n) is 16.6. The van der Waals surface area contributed by atoms with Gasteiger partial charge in [0.05, 0.1) is 0 Å². The molecule has 4 saturated carbocycles. The summed E-state index contributed by atoms with van der Waals surface area (Å²) in [6.07, 6.45) is 8.20. The first-order valence-corrected chi connectivity index (χ1v) is 10.7. The van der Waals surface area contributed by atoms with Gasteiger partial charge in [-0.2, -0.15) is 0 Å². The summed E-state index contributed by atoms with van der Waals surface area (Å²) in [5.74, 6) is 4.18. The summed E-state index contributed by atoms with van der Waals surface area (Å²) in [6, 6.07) is 17.4. The van der Waals surface area contributed by atoms with Gasteiger partial charge in [-0.25, -0.2) is 0 Å². The maximum absolute atomic E-state index is 13.0. The quantitative estimate of drug-likeness (QED) is 0.716. The third kappa shape index (κ3) is 3.32. The van der Waals surface area contributed by atoms with Gasteiger partial charge in [-0.15, -0.1) is 0 Å². The molecule has 4 aliphatic carbocycles. The summed E-state index contributed by atoms with van der Waals surface area (Å²) in [5.41, 5.74) is 0.993. The fourth-order valence-electron chi connectivity index (χ4n) is 6.47. The summed E-state index contributed by atoms with van der Waals surface area (Å²) >= 11 is 0. The third-order valence-corrected chi connectivity index (χ3v) is 7.43. The largest absolute Gasteiger partial charge is 0.457 e. The van der Waals surface area contributed by atoms with Crippen molar-refractivity contribution < 1.29 is 9.53 Å². The summed E-state index contributed by atoms with van der Waals surface area (Å²) < 4.78 is 5.89. The average molecular weight is 376 g/mol. The topological polar surface area (TPSA) is 38.3 Å². The molecular weight excluding hydrogens is 346 g/mol. The number of rotatable bonds is 5. The molecule has 1 atom stereocenters. The molecule has 1 N–H and O–H groups in total. The molecule has 2 aromatic rings. The van der Waals surface area contributed by atoms with E-state index in [1.54, 1.807) is 0 Å². The van der Waals surface area contributed by atoms with Crippen molar-refractivity contribution in [2.24, 2.45) is 23.2 Å². The van der Waals surface area contributed by atoms with E-state index in [1.165, 1.54) is 38.5 Å². The van der Waals surface area contributed by atoms with Crippen LogP contribution in [0.25, 0.3) is 0 Å². The van der Waals surface area contributed by atoms with Crippen LogP contribution in [0, 0.1) is 23.2 Å². The highest BCUT2D eigenvalue weighted by Crippen LogP contribution is 2.61. The molecule has 1 amide bonds. The van der Waals surface area contributed by atoms with Gasteiger partial charge >= 0.3 is 0 Å². The Hall–Kier alpha value is -2.29. The second kappa shape index (κ2) is 6.95. The third-order valence-electron chi connectivity index (χ3n) is 7.43. The number of hydrogen-bond acceptors (Lipinski definition) is 2. The summed E-state index contributed by atoms with van der Waals surface area (Å²) in [5, 5.41) is 3.35. The summed E-state index contributed by atoms with van der Waals surface area (Å²) in [4.78, 5) is 13.0. The molecule has 0 aliphatic heterocycles. The number of benzene rings is 2. The highest BCUT2D eigenvalue weighted by atomic mass is 16.5. The van der Waals surface area contributed by atoms with Gasteiger partial charge in [0.1, 0.15) is 11.5 Å². The van der Waals surface area contributed by atoms with E-state index >= 15 is 0 Å². The Bertz CT molecular complexity index is 825. The van der Waals surface area contributed by atoms with Crippen LogP contribution < -0.4 is 10.1 Å². The number of ether oxygens (including phenoxy) is 1. The molecule has 6 rings (SSSR count). The van der Waals surface area contributed by atoms with Crippen LogP contribution in [0.5, 0.6) is 11.5 Å². The minimum Gasteiger partial charge on any atom is -0.457 e. The van der Waals surface area contributed by atoms with Crippen LogP contribution in [0.15, 0.2) is 54.6 Å². The lowest BCUT2D eigenvalue weighted by Crippen LogP contribution is -2.55. The van der Waals surface area contributed by atoms with E-state index in [-0.39, 0.29) is 11.9 Å². The second-order valence-corrected chi connectivity index (χ2v) is 9.42. The van der Waals surface area contributed by atoms with Crippen LogP contribution in [0.1, 0.15) is 55.8 Å². The molecule has 3 heteroatoms. The van der Waals surface area contributed by atoms with Gasteiger partial charge in [0.25, 0.3) is 5.91 Å². The van der Waals surface area contributed by atoms with E-state index in [1.807, 2.05) is 54.6 Å². The smallest absolute Gasteiger partial charge is 0.251 e. The number of hydrogen-bond donors (Lipinski definition) is 1. The Labute approximate surface area is 167 Å². The highest BCUT2D eigenvalue weighted by molar-refractivity contribution is 5.94.